The van der Waals surface area contributed by atoms with Gasteiger partial charge in [-0.15, -0.1) is 10.2 Å². The van der Waals surface area contributed by atoms with Crippen LogP contribution in [0.25, 0.3) is 0 Å². The molecule has 3 rings (SSSR count). The Morgan fingerprint density at radius 3 is 2.56 bits per heavy atom. The molecule has 25 heavy (non-hydrogen) atoms. The van der Waals surface area contributed by atoms with Crippen LogP contribution in [-0.4, -0.2) is 21.7 Å². The van der Waals surface area contributed by atoms with Gasteiger partial charge in [0.25, 0.3) is 5.22 Å². The van der Waals surface area contributed by atoms with E-state index in [1.165, 1.54) is 36.0 Å². The van der Waals surface area contributed by atoms with Crippen LogP contribution in [-0.2, 0) is 6.42 Å². The van der Waals surface area contributed by atoms with Gasteiger partial charge in [-0.3, -0.25) is 4.79 Å². The third-order valence-corrected chi connectivity index (χ3v) is 4.49. The molecule has 0 aliphatic rings. The van der Waals surface area contributed by atoms with Crippen LogP contribution in [0.1, 0.15) is 34.7 Å². The average molecular weight is 356 g/mol. The quantitative estimate of drug-likeness (QED) is 0.336. The summed E-state index contributed by atoms with van der Waals surface area (Å²) >= 11 is 1.44. The number of rotatable bonds is 8. The SMILES string of the molecule is O=C(CCCSc1nnc(Cc2ccccc2)o1)c1ccc(F)cc1. The standard InChI is InChI=1S/C19H17FN2O2S/c20-16-10-8-15(9-11-16)17(23)7-4-12-25-19-22-21-18(24-19)13-14-5-2-1-3-6-14/h1-3,5-6,8-11H,4,7,12-13H2. The van der Waals surface area contributed by atoms with Crippen molar-refractivity contribution in [3.63, 3.8) is 0 Å². The number of hydrogen-bond donors (Lipinski definition) is 0. The summed E-state index contributed by atoms with van der Waals surface area (Å²) in [4.78, 5) is 12.0. The maximum Gasteiger partial charge on any atom is 0.276 e. The molecule has 2 aromatic carbocycles. The second-order valence-corrected chi connectivity index (χ2v) is 6.55. The van der Waals surface area contributed by atoms with Crippen LogP contribution in [0.15, 0.2) is 64.2 Å². The molecule has 0 fully saturated rings. The first-order valence-electron chi connectivity index (χ1n) is 7.98. The van der Waals surface area contributed by atoms with Gasteiger partial charge in [-0.05, 0) is 36.2 Å². The zero-order valence-corrected chi connectivity index (χ0v) is 14.3. The van der Waals surface area contributed by atoms with Gasteiger partial charge in [-0.25, -0.2) is 4.39 Å². The molecule has 1 heterocycles. The predicted molar refractivity (Wildman–Crippen MR) is 94.2 cm³/mol. The third kappa shape index (κ3) is 5.26. The Balaban J connectivity index is 1.42. The Morgan fingerprint density at radius 2 is 1.80 bits per heavy atom. The van der Waals surface area contributed by atoms with Gasteiger partial charge in [0.15, 0.2) is 5.78 Å². The second-order valence-electron chi connectivity index (χ2n) is 5.51. The van der Waals surface area contributed by atoms with Crippen molar-refractivity contribution in [1.82, 2.24) is 10.2 Å². The smallest absolute Gasteiger partial charge is 0.276 e. The van der Waals surface area contributed by atoms with Crippen molar-refractivity contribution in [3.8, 4) is 0 Å². The Morgan fingerprint density at radius 1 is 1.04 bits per heavy atom. The number of Topliss-reactive ketones (excluding diaryl/α,β-unsaturated/α-hetero) is 1. The summed E-state index contributed by atoms with van der Waals surface area (Å²) in [6.45, 7) is 0. The van der Waals surface area contributed by atoms with Crippen LogP contribution in [0.3, 0.4) is 0 Å². The van der Waals surface area contributed by atoms with Crippen LogP contribution in [0.4, 0.5) is 4.39 Å². The lowest BCUT2D eigenvalue weighted by Gasteiger charge is -2.00. The van der Waals surface area contributed by atoms with Gasteiger partial charge in [0, 0.05) is 17.7 Å². The number of halogens is 1. The maximum absolute atomic E-state index is 12.8. The highest BCUT2D eigenvalue weighted by molar-refractivity contribution is 7.99. The monoisotopic (exact) mass is 356 g/mol. The van der Waals surface area contributed by atoms with E-state index in [1.807, 2.05) is 30.3 Å². The summed E-state index contributed by atoms with van der Waals surface area (Å²) in [5, 5.41) is 8.57. The van der Waals surface area contributed by atoms with Crippen LogP contribution < -0.4 is 0 Å². The molecule has 0 aliphatic carbocycles. The minimum absolute atomic E-state index is 0.0101. The Kier molecular flexibility index (Phi) is 5.95. The number of hydrogen-bond acceptors (Lipinski definition) is 5. The van der Waals surface area contributed by atoms with Gasteiger partial charge in [0.05, 0.1) is 6.42 Å². The molecule has 0 saturated heterocycles. The molecule has 4 nitrogen and oxygen atoms in total. The number of nitrogens with zero attached hydrogens (tertiary/aromatic N) is 2. The Bertz CT molecular complexity index is 819. The van der Waals surface area contributed by atoms with E-state index < -0.39 is 0 Å². The summed E-state index contributed by atoms with van der Waals surface area (Å²) in [5.74, 6) is 0.960. The van der Waals surface area contributed by atoms with E-state index in [1.54, 1.807) is 0 Å². The zero-order valence-electron chi connectivity index (χ0n) is 13.5. The van der Waals surface area contributed by atoms with Gasteiger partial charge >= 0.3 is 0 Å². The molecule has 128 valence electrons. The molecule has 0 spiro atoms. The summed E-state index contributed by atoms with van der Waals surface area (Å²) in [7, 11) is 0. The van der Waals surface area contributed by atoms with Crippen molar-refractivity contribution in [2.45, 2.75) is 24.5 Å². The van der Waals surface area contributed by atoms with E-state index in [0.717, 1.165) is 5.56 Å². The normalized spacial score (nSPS) is 10.8. The number of ketones is 1. The summed E-state index contributed by atoms with van der Waals surface area (Å²) < 4.78 is 18.5. The number of benzene rings is 2. The highest BCUT2D eigenvalue weighted by Crippen LogP contribution is 2.19. The molecule has 0 unspecified atom stereocenters. The lowest BCUT2D eigenvalue weighted by molar-refractivity contribution is 0.0982. The van der Waals surface area contributed by atoms with Crippen LogP contribution >= 0.6 is 11.8 Å². The molecule has 0 atom stereocenters. The first kappa shape index (κ1) is 17.4. The number of carbonyl (C=O) groups excluding carboxylic acids is 1. The molecule has 0 amide bonds. The van der Waals surface area contributed by atoms with Gasteiger partial charge in [-0.2, -0.15) is 0 Å². The zero-order chi connectivity index (χ0) is 17.5. The van der Waals surface area contributed by atoms with Crippen LogP contribution in [0.2, 0.25) is 0 Å². The van der Waals surface area contributed by atoms with E-state index in [4.69, 9.17) is 4.42 Å². The topological polar surface area (TPSA) is 56.0 Å². The van der Waals surface area contributed by atoms with Crippen LogP contribution in [0, 0.1) is 5.82 Å². The van der Waals surface area contributed by atoms with Crippen molar-refractivity contribution in [2.75, 3.05) is 5.75 Å². The summed E-state index contributed by atoms with van der Waals surface area (Å²) in [5.41, 5.74) is 1.65. The second kappa shape index (κ2) is 8.58. The number of aromatic nitrogens is 2. The summed E-state index contributed by atoms with van der Waals surface area (Å²) in [6, 6.07) is 15.6. The molecular formula is C19H17FN2O2S. The van der Waals surface area contributed by atoms with Gasteiger partial charge in [-0.1, -0.05) is 42.1 Å². The molecule has 0 N–H and O–H groups in total. The van der Waals surface area contributed by atoms with E-state index in [9.17, 15) is 9.18 Å². The van der Waals surface area contributed by atoms with Gasteiger partial charge in [0.2, 0.25) is 5.89 Å². The Hall–Kier alpha value is -2.47. The van der Waals surface area contributed by atoms with E-state index in [-0.39, 0.29) is 11.6 Å². The average Bonchev–Trinajstić information content (AvgIpc) is 3.07. The molecule has 0 aliphatic heterocycles. The fourth-order valence-electron chi connectivity index (χ4n) is 2.31. The highest BCUT2D eigenvalue weighted by Gasteiger charge is 2.09. The van der Waals surface area contributed by atoms with E-state index >= 15 is 0 Å². The highest BCUT2D eigenvalue weighted by atomic mass is 32.2. The third-order valence-electron chi connectivity index (χ3n) is 3.59. The minimum atomic E-state index is -0.338. The fraction of sp³-hybridized carbons (Fsp3) is 0.211. The predicted octanol–water partition coefficient (Wildman–Crippen LogP) is 4.55. The molecule has 0 saturated carbocycles. The minimum Gasteiger partial charge on any atom is -0.416 e. The van der Waals surface area contributed by atoms with E-state index in [0.29, 0.717) is 41.7 Å². The van der Waals surface area contributed by atoms with Crippen molar-refractivity contribution in [2.24, 2.45) is 0 Å². The van der Waals surface area contributed by atoms with E-state index in [2.05, 4.69) is 10.2 Å². The summed E-state index contributed by atoms with van der Waals surface area (Å²) in [6.07, 6.45) is 1.71. The molecule has 0 bridgehead atoms. The van der Waals surface area contributed by atoms with Crippen molar-refractivity contribution < 1.29 is 13.6 Å². The maximum atomic E-state index is 12.8. The Labute approximate surface area is 149 Å². The number of thioether (sulfide) groups is 1. The molecule has 6 heteroatoms. The van der Waals surface area contributed by atoms with Gasteiger partial charge < -0.3 is 4.42 Å². The molecule has 1 aromatic heterocycles. The largest absolute Gasteiger partial charge is 0.416 e. The first-order valence-corrected chi connectivity index (χ1v) is 8.97. The van der Waals surface area contributed by atoms with Crippen LogP contribution in [0.5, 0.6) is 0 Å². The molecule has 0 radical (unpaired) electrons. The first-order chi connectivity index (χ1) is 12.2. The van der Waals surface area contributed by atoms with Crippen molar-refractivity contribution in [1.29, 1.82) is 0 Å². The van der Waals surface area contributed by atoms with Crippen molar-refractivity contribution in [3.05, 3.63) is 77.4 Å². The molecular weight excluding hydrogens is 339 g/mol. The molecule has 3 aromatic rings. The number of carbonyl (C=O) groups is 1. The lowest BCUT2D eigenvalue weighted by atomic mass is 10.1. The van der Waals surface area contributed by atoms with Crippen molar-refractivity contribution >= 4 is 17.5 Å². The fourth-order valence-corrected chi connectivity index (χ4v) is 3.03. The van der Waals surface area contributed by atoms with Gasteiger partial charge in [0.1, 0.15) is 5.82 Å². The lowest BCUT2D eigenvalue weighted by Crippen LogP contribution is -1.99.